The molecule has 0 bridgehead atoms. The van der Waals surface area contributed by atoms with Crippen molar-refractivity contribution in [1.29, 1.82) is 0 Å². The van der Waals surface area contributed by atoms with E-state index in [1.807, 2.05) is 43.5 Å². The van der Waals surface area contributed by atoms with Gasteiger partial charge in [0.2, 0.25) is 0 Å². The molecule has 110 valence electrons. The Hall–Kier alpha value is -2.14. The molecular weight excluding hydrogens is 264 g/mol. The molecule has 5 nitrogen and oxygen atoms in total. The molecule has 1 aromatic carbocycles. The number of hydrogen-bond acceptors (Lipinski definition) is 3. The van der Waals surface area contributed by atoms with Gasteiger partial charge in [-0.15, -0.1) is 0 Å². The van der Waals surface area contributed by atoms with Crippen molar-refractivity contribution in [3.63, 3.8) is 0 Å². The first-order chi connectivity index (χ1) is 10.1. The number of rotatable bonds is 2. The quantitative estimate of drug-likeness (QED) is 0.784. The first-order valence-corrected chi connectivity index (χ1v) is 7.37. The number of hydrazone groups is 1. The second-order valence-corrected chi connectivity index (χ2v) is 5.67. The van der Waals surface area contributed by atoms with Crippen molar-refractivity contribution in [2.75, 3.05) is 38.2 Å². The number of amides is 1. The maximum absolute atomic E-state index is 12.6. The number of benzene rings is 1. The summed E-state index contributed by atoms with van der Waals surface area (Å²) >= 11 is 0. The number of nitrogens with zero attached hydrogens (tertiary/aromatic N) is 3. The molecule has 2 heterocycles. The van der Waals surface area contributed by atoms with E-state index in [2.05, 4.69) is 17.0 Å². The van der Waals surface area contributed by atoms with Gasteiger partial charge in [-0.3, -0.25) is 4.79 Å². The second kappa shape index (κ2) is 5.69. The molecule has 1 fully saturated rings. The molecule has 0 radical (unpaired) electrons. The molecule has 0 aromatic heterocycles. The number of para-hydroxylation sites is 1. The molecule has 0 atom stereocenters. The topological polar surface area (TPSA) is 40.4 Å². The highest BCUT2D eigenvalue weighted by Crippen LogP contribution is 2.23. The Morgan fingerprint density at radius 1 is 1.19 bits per heavy atom. The van der Waals surface area contributed by atoms with E-state index in [1.165, 1.54) is 5.01 Å². The Morgan fingerprint density at radius 3 is 2.52 bits per heavy atom. The van der Waals surface area contributed by atoms with E-state index in [0.717, 1.165) is 37.6 Å². The van der Waals surface area contributed by atoms with Crippen LogP contribution in [0.5, 0.6) is 0 Å². The van der Waals surface area contributed by atoms with Gasteiger partial charge in [-0.2, -0.15) is 10.1 Å². The van der Waals surface area contributed by atoms with Crippen LogP contribution < -0.4 is 9.91 Å². The Kier molecular flexibility index (Phi) is 3.75. The Labute approximate surface area is 125 Å². The third kappa shape index (κ3) is 2.83. The van der Waals surface area contributed by atoms with Crippen LogP contribution in [0.3, 0.4) is 0 Å². The largest absolute Gasteiger partial charge is 0.365 e. The fraction of sp³-hybridized carbons (Fsp3) is 0.375. The normalized spacial score (nSPS) is 22.1. The fourth-order valence-electron chi connectivity index (χ4n) is 2.63. The molecule has 0 unspecified atom stereocenters. The highest BCUT2D eigenvalue weighted by molar-refractivity contribution is 6.29. The second-order valence-electron chi connectivity index (χ2n) is 5.67. The van der Waals surface area contributed by atoms with Crippen LogP contribution in [0.15, 0.2) is 47.2 Å². The number of carbonyl (C=O) groups excluding carboxylic acids is 1. The number of hydrogen-bond donors (Lipinski definition) is 1. The standard InChI is InChI=1S/C16H20N4O/c1-13-15(12-19-10-8-18(2)9-11-19)16(21)20(17-13)14-6-4-3-5-7-14/h3-7,12H,8-11H2,1-2H3/p+1/b15-12+. The molecule has 1 saturated heterocycles. The number of nitrogens with one attached hydrogen (secondary N) is 1. The first kappa shape index (κ1) is 13.8. The van der Waals surface area contributed by atoms with Gasteiger partial charge in [0, 0.05) is 6.20 Å². The first-order valence-electron chi connectivity index (χ1n) is 7.37. The van der Waals surface area contributed by atoms with Crippen LogP contribution in [-0.2, 0) is 4.79 Å². The van der Waals surface area contributed by atoms with Gasteiger partial charge in [0.1, 0.15) is 0 Å². The molecule has 1 amide bonds. The van der Waals surface area contributed by atoms with Crippen molar-refractivity contribution < 1.29 is 9.69 Å². The molecule has 21 heavy (non-hydrogen) atoms. The third-order valence-electron chi connectivity index (χ3n) is 4.03. The lowest BCUT2D eigenvalue weighted by Gasteiger charge is -2.29. The molecule has 2 aliphatic rings. The zero-order valence-electron chi connectivity index (χ0n) is 12.5. The Balaban J connectivity index is 1.79. The smallest absolute Gasteiger partial charge is 0.282 e. The van der Waals surface area contributed by atoms with E-state index in [0.29, 0.717) is 5.57 Å². The van der Waals surface area contributed by atoms with Crippen LogP contribution in [0.25, 0.3) is 0 Å². The molecule has 1 N–H and O–H groups in total. The highest BCUT2D eigenvalue weighted by Gasteiger charge is 2.29. The summed E-state index contributed by atoms with van der Waals surface area (Å²) in [7, 11) is 2.20. The Bertz CT molecular complexity index is 586. The van der Waals surface area contributed by atoms with Gasteiger partial charge in [-0.05, 0) is 19.1 Å². The molecule has 1 aromatic rings. The maximum Gasteiger partial charge on any atom is 0.282 e. The molecule has 0 spiro atoms. The third-order valence-corrected chi connectivity index (χ3v) is 4.03. The minimum atomic E-state index is -0.0371. The Morgan fingerprint density at radius 2 is 1.86 bits per heavy atom. The van der Waals surface area contributed by atoms with Crippen molar-refractivity contribution in [2.45, 2.75) is 6.92 Å². The number of piperazine rings is 1. The summed E-state index contributed by atoms with van der Waals surface area (Å²) in [4.78, 5) is 16.3. The van der Waals surface area contributed by atoms with Crippen molar-refractivity contribution in [2.24, 2.45) is 5.10 Å². The summed E-state index contributed by atoms with van der Waals surface area (Å²) in [6.07, 6.45) is 1.98. The van der Waals surface area contributed by atoms with E-state index < -0.39 is 0 Å². The summed E-state index contributed by atoms with van der Waals surface area (Å²) in [5.41, 5.74) is 2.31. The van der Waals surface area contributed by atoms with E-state index in [-0.39, 0.29) is 5.91 Å². The van der Waals surface area contributed by atoms with Crippen molar-refractivity contribution in [3.8, 4) is 0 Å². The number of carbonyl (C=O) groups is 1. The average Bonchev–Trinajstić information content (AvgIpc) is 2.78. The van der Waals surface area contributed by atoms with E-state index in [1.54, 1.807) is 4.90 Å². The zero-order valence-corrected chi connectivity index (χ0v) is 12.5. The lowest BCUT2D eigenvalue weighted by atomic mass is 10.2. The van der Waals surface area contributed by atoms with Gasteiger partial charge >= 0.3 is 0 Å². The summed E-state index contributed by atoms with van der Waals surface area (Å²) in [5, 5.41) is 5.89. The molecule has 5 heteroatoms. The maximum atomic E-state index is 12.6. The van der Waals surface area contributed by atoms with Gasteiger partial charge in [0.25, 0.3) is 5.91 Å². The lowest BCUT2D eigenvalue weighted by molar-refractivity contribution is -0.883. The van der Waals surface area contributed by atoms with Crippen molar-refractivity contribution in [3.05, 3.63) is 42.1 Å². The van der Waals surface area contributed by atoms with Crippen molar-refractivity contribution >= 4 is 17.3 Å². The minimum absolute atomic E-state index is 0.0371. The molecule has 3 rings (SSSR count). The SMILES string of the molecule is CC1=NN(c2ccccc2)C(=O)/C1=C/N1CC[NH+](C)CC1. The van der Waals surface area contributed by atoms with Crippen LogP contribution in [0.4, 0.5) is 5.69 Å². The molecule has 0 aliphatic carbocycles. The predicted molar refractivity (Wildman–Crippen MR) is 83.3 cm³/mol. The summed E-state index contributed by atoms with van der Waals surface area (Å²) in [6.45, 7) is 6.09. The number of anilines is 1. The monoisotopic (exact) mass is 285 g/mol. The average molecular weight is 285 g/mol. The lowest BCUT2D eigenvalue weighted by Crippen LogP contribution is -3.11. The van der Waals surface area contributed by atoms with Gasteiger partial charge < -0.3 is 9.80 Å². The van der Waals surface area contributed by atoms with E-state index in [4.69, 9.17) is 0 Å². The van der Waals surface area contributed by atoms with Gasteiger partial charge in [0.15, 0.2) is 0 Å². The van der Waals surface area contributed by atoms with Gasteiger partial charge in [-0.1, -0.05) is 18.2 Å². The molecule has 2 aliphatic heterocycles. The van der Waals surface area contributed by atoms with Crippen LogP contribution in [0.2, 0.25) is 0 Å². The predicted octanol–water partition coefficient (Wildman–Crippen LogP) is 0.123. The van der Waals surface area contributed by atoms with Gasteiger partial charge in [0.05, 0.1) is 50.2 Å². The van der Waals surface area contributed by atoms with Crippen LogP contribution in [0.1, 0.15) is 6.92 Å². The minimum Gasteiger partial charge on any atom is -0.365 e. The summed E-state index contributed by atoms with van der Waals surface area (Å²) in [6, 6.07) is 9.56. The van der Waals surface area contributed by atoms with Gasteiger partial charge in [-0.25, -0.2) is 0 Å². The molecule has 0 saturated carbocycles. The van der Waals surface area contributed by atoms with Crippen LogP contribution >= 0.6 is 0 Å². The summed E-state index contributed by atoms with van der Waals surface area (Å²) < 4.78 is 0. The van der Waals surface area contributed by atoms with Crippen LogP contribution in [0, 0.1) is 0 Å². The highest BCUT2D eigenvalue weighted by atomic mass is 16.2. The van der Waals surface area contributed by atoms with Crippen LogP contribution in [-0.4, -0.2) is 49.7 Å². The fourth-order valence-corrected chi connectivity index (χ4v) is 2.63. The van der Waals surface area contributed by atoms with E-state index >= 15 is 0 Å². The van der Waals surface area contributed by atoms with Crippen molar-refractivity contribution in [1.82, 2.24) is 4.90 Å². The zero-order chi connectivity index (χ0) is 14.8. The van der Waals surface area contributed by atoms with E-state index in [9.17, 15) is 4.79 Å². The number of quaternary nitrogens is 1. The number of likely N-dealkylation sites (N-methyl/N-ethyl adjacent to an activating group) is 1. The molecular formula is C16H21N4O+. The summed E-state index contributed by atoms with van der Waals surface area (Å²) in [5.74, 6) is -0.0371.